The van der Waals surface area contributed by atoms with Crippen LogP contribution in [0.5, 0.6) is 11.5 Å². The molecule has 1 N–H and O–H groups in total. The van der Waals surface area contributed by atoms with Gasteiger partial charge in [-0.25, -0.2) is 14.6 Å². The second-order valence-electron chi connectivity index (χ2n) is 5.35. The van der Waals surface area contributed by atoms with Gasteiger partial charge in [0.15, 0.2) is 5.75 Å². The maximum Gasteiger partial charge on any atom is 0.387 e. The zero-order valence-corrected chi connectivity index (χ0v) is 13.8. The fraction of sp³-hybridized carbons (Fsp3) is 0.235. The molecule has 0 aliphatic carbocycles. The molecule has 9 heteroatoms. The van der Waals surface area contributed by atoms with Crippen molar-refractivity contribution in [3.63, 3.8) is 0 Å². The molecule has 0 unspecified atom stereocenters. The van der Waals surface area contributed by atoms with Gasteiger partial charge in [-0.2, -0.15) is 13.9 Å². The number of rotatable bonds is 7. The number of hydrogen-bond acceptors (Lipinski definition) is 6. The Morgan fingerprint density at radius 2 is 1.96 bits per heavy atom. The maximum atomic E-state index is 12.5. The Balaban J connectivity index is 1.71. The SMILES string of the molecule is Cc1cccc(OC(F)F)c1COc1cnc(-n2ccc(CO)n2)nc1. The van der Waals surface area contributed by atoms with Crippen LogP contribution in [-0.4, -0.2) is 31.5 Å². The normalized spacial score (nSPS) is 11.0. The van der Waals surface area contributed by atoms with Crippen molar-refractivity contribution in [3.8, 4) is 17.4 Å². The van der Waals surface area contributed by atoms with Gasteiger partial charge < -0.3 is 14.6 Å². The van der Waals surface area contributed by atoms with Gasteiger partial charge in [-0.1, -0.05) is 12.1 Å². The summed E-state index contributed by atoms with van der Waals surface area (Å²) in [6.07, 6.45) is 4.53. The third-order valence-electron chi connectivity index (χ3n) is 3.59. The molecule has 3 rings (SSSR count). The smallest absolute Gasteiger partial charge is 0.387 e. The lowest BCUT2D eigenvalue weighted by molar-refractivity contribution is -0.0508. The third-order valence-corrected chi connectivity index (χ3v) is 3.59. The van der Waals surface area contributed by atoms with Crippen molar-refractivity contribution in [2.24, 2.45) is 0 Å². The number of aryl methyl sites for hydroxylation is 1. The number of halogens is 2. The Kier molecular flexibility index (Phi) is 5.37. The van der Waals surface area contributed by atoms with E-state index in [9.17, 15) is 8.78 Å². The zero-order valence-electron chi connectivity index (χ0n) is 13.8. The van der Waals surface area contributed by atoms with Gasteiger partial charge in [-0.3, -0.25) is 0 Å². The van der Waals surface area contributed by atoms with E-state index in [0.717, 1.165) is 5.56 Å². The van der Waals surface area contributed by atoms with Crippen molar-refractivity contribution >= 4 is 0 Å². The van der Waals surface area contributed by atoms with E-state index in [1.807, 2.05) is 0 Å². The molecular weight excluding hydrogens is 346 g/mol. The number of ether oxygens (including phenoxy) is 2. The fourth-order valence-electron chi connectivity index (χ4n) is 2.28. The second-order valence-corrected chi connectivity index (χ2v) is 5.35. The van der Waals surface area contributed by atoms with E-state index in [1.165, 1.54) is 23.1 Å². The summed E-state index contributed by atoms with van der Waals surface area (Å²) < 4.78 is 36.6. The third kappa shape index (κ3) is 4.12. The Morgan fingerprint density at radius 1 is 1.19 bits per heavy atom. The number of benzene rings is 1. The molecule has 0 atom stereocenters. The predicted octanol–water partition coefficient (Wildman–Crippen LogP) is 2.64. The minimum atomic E-state index is -2.91. The summed E-state index contributed by atoms with van der Waals surface area (Å²) in [5.41, 5.74) is 1.80. The summed E-state index contributed by atoms with van der Waals surface area (Å²) >= 11 is 0. The monoisotopic (exact) mass is 362 g/mol. The summed E-state index contributed by atoms with van der Waals surface area (Å²) in [5.74, 6) is 0.759. The molecule has 0 radical (unpaired) electrons. The number of aliphatic hydroxyl groups is 1. The highest BCUT2D eigenvalue weighted by molar-refractivity contribution is 5.39. The summed E-state index contributed by atoms with van der Waals surface area (Å²) in [6.45, 7) is -1.26. The molecule has 0 bridgehead atoms. The molecule has 0 fully saturated rings. The fourth-order valence-corrected chi connectivity index (χ4v) is 2.28. The number of aliphatic hydroxyl groups excluding tert-OH is 1. The maximum absolute atomic E-state index is 12.5. The molecule has 0 aliphatic rings. The molecule has 3 aromatic rings. The lowest BCUT2D eigenvalue weighted by Gasteiger charge is -2.14. The first-order valence-corrected chi connectivity index (χ1v) is 7.70. The molecule has 1 aromatic carbocycles. The van der Waals surface area contributed by atoms with Gasteiger partial charge in [0.1, 0.15) is 12.4 Å². The van der Waals surface area contributed by atoms with Gasteiger partial charge in [0.05, 0.1) is 24.7 Å². The molecule has 136 valence electrons. The summed E-state index contributed by atoms with van der Waals surface area (Å²) in [7, 11) is 0. The van der Waals surface area contributed by atoms with Crippen molar-refractivity contribution in [2.75, 3.05) is 0 Å². The molecule has 7 nitrogen and oxygen atoms in total. The Hall–Kier alpha value is -3.07. The van der Waals surface area contributed by atoms with Crippen LogP contribution >= 0.6 is 0 Å². The molecule has 2 heterocycles. The zero-order chi connectivity index (χ0) is 18.5. The van der Waals surface area contributed by atoms with Crippen LogP contribution in [0.2, 0.25) is 0 Å². The van der Waals surface area contributed by atoms with Gasteiger partial charge in [0.25, 0.3) is 5.95 Å². The van der Waals surface area contributed by atoms with Gasteiger partial charge in [0, 0.05) is 11.8 Å². The molecule has 0 saturated heterocycles. The van der Waals surface area contributed by atoms with E-state index in [-0.39, 0.29) is 19.0 Å². The second kappa shape index (κ2) is 7.87. The first kappa shape index (κ1) is 17.7. The van der Waals surface area contributed by atoms with Crippen LogP contribution in [0.25, 0.3) is 5.95 Å². The average molecular weight is 362 g/mol. The molecule has 0 aliphatic heterocycles. The standard InChI is InChI=1S/C17H16F2N4O3/c1-11-3-2-4-15(26-16(18)19)14(11)10-25-13-7-20-17(21-8-13)23-6-5-12(9-24)22-23/h2-8,16,24H,9-10H2,1H3. The van der Waals surface area contributed by atoms with E-state index < -0.39 is 6.61 Å². The number of nitrogens with zero attached hydrogens (tertiary/aromatic N) is 4. The van der Waals surface area contributed by atoms with Crippen LogP contribution in [0.3, 0.4) is 0 Å². The quantitative estimate of drug-likeness (QED) is 0.696. The van der Waals surface area contributed by atoms with Crippen LogP contribution in [0.4, 0.5) is 8.78 Å². The Labute approximate surface area is 147 Å². The van der Waals surface area contributed by atoms with E-state index >= 15 is 0 Å². The Bertz CT molecular complexity index is 869. The molecule has 2 aromatic heterocycles. The van der Waals surface area contributed by atoms with Crippen LogP contribution in [-0.2, 0) is 13.2 Å². The highest BCUT2D eigenvalue weighted by atomic mass is 19.3. The molecule has 0 saturated carbocycles. The van der Waals surface area contributed by atoms with E-state index in [4.69, 9.17) is 9.84 Å². The van der Waals surface area contributed by atoms with Crippen molar-refractivity contribution < 1.29 is 23.4 Å². The minimum absolute atomic E-state index is 0.0356. The molecule has 0 spiro atoms. The highest BCUT2D eigenvalue weighted by Gasteiger charge is 2.12. The lowest BCUT2D eigenvalue weighted by Crippen LogP contribution is -2.08. The van der Waals surface area contributed by atoms with Crippen LogP contribution in [0, 0.1) is 6.92 Å². The summed E-state index contributed by atoms with van der Waals surface area (Å²) in [6, 6.07) is 6.54. The van der Waals surface area contributed by atoms with Gasteiger partial charge in [-0.05, 0) is 24.6 Å². The van der Waals surface area contributed by atoms with Crippen molar-refractivity contribution in [2.45, 2.75) is 26.7 Å². The molecule has 0 amide bonds. The molecule has 26 heavy (non-hydrogen) atoms. The minimum Gasteiger partial charge on any atom is -0.486 e. The van der Waals surface area contributed by atoms with Crippen molar-refractivity contribution in [3.05, 3.63) is 59.7 Å². The van der Waals surface area contributed by atoms with Crippen molar-refractivity contribution in [1.82, 2.24) is 19.7 Å². The van der Waals surface area contributed by atoms with E-state index in [0.29, 0.717) is 23.0 Å². The van der Waals surface area contributed by atoms with E-state index in [2.05, 4.69) is 19.8 Å². The highest BCUT2D eigenvalue weighted by Crippen LogP contribution is 2.25. The topological polar surface area (TPSA) is 82.3 Å². The van der Waals surface area contributed by atoms with E-state index in [1.54, 1.807) is 31.3 Å². The van der Waals surface area contributed by atoms with Crippen LogP contribution in [0.1, 0.15) is 16.8 Å². The average Bonchev–Trinajstić information content (AvgIpc) is 3.10. The number of alkyl halides is 2. The Morgan fingerprint density at radius 3 is 2.62 bits per heavy atom. The van der Waals surface area contributed by atoms with Gasteiger partial charge >= 0.3 is 6.61 Å². The van der Waals surface area contributed by atoms with Gasteiger partial charge in [-0.15, -0.1) is 0 Å². The van der Waals surface area contributed by atoms with Crippen molar-refractivity contribution in [1.29, 1.82) is 0 Å². The number of hydrogen-bond donors (Lipinski definition) is 1. The largest absolute Gasteiger partial charge is 0.486 e. The summed E-state index contributed by atoms with van der Waals surface area (Å²) in [4.78, 5) is 8.27. The first-order chi connectivity index (χ1) is 12.6. The van der Waals surface area contributed by atoms with Gasteiger partial charge in [0.2, 0.25) is 0 Å². The lowest BCUT2D eigenvalue weighted by atomic mass is 10.1. The summed E-state index contributed by atoms with van der Waals surface area (Å²) in [5, 5.41) is 13.1. The predicted molar refractivity (Wildman–Crippen MR) is 87.2 cm³/mol. The number of aromatic nitrogens is 4. The van der Waals surface area contributed by atoms with Crippen LogP contribution < -0.4 is 9.47 Å². The van der Waals surface area contributed by atoms with Crippen LogP contribution in [0.15, 0.2) is 42.9 Å². The first-order valence-electron chi connectivity index (χ1n) is 7.70. The molecular formula is C17H16F2N4O3.